The lowest BCUT2D eigenvalue weighted by Crippen LogP contribution is -2.56. The first-order valence-corrected chi connectivity index (χ1v) is 5.83. The molecule has 0 radical (unpaired) electrons. The summed E-state index contributed by atoms with van der Waals surface area (Å²) in [4.78, 5) is 28.2. The maximum Gasteiger partial charge on any atom is 0.322 e. The number of carbonyl (C=O) groups is 2. The molecule has 1 aliphatic rings. The number of methoxy groups -OCH3 is 1. The van der Waals surface area contributed by atoms with E-state index in [1.54, 1.807) is 23.2 Å². The Bertz CT molecular complexity index is 492. The van der Waals surface area contributed by atoms with Crippen molar-refractivity contribution < 1.29 is 19.4 Å². The highest BCUT2D eigenvalue weighted by atomic mass is 16.5. The second-order valence-electron chi connectivity index (χ2n) is 4.23. The van der Waals surface area contributed by atoms with Crippen LogP contribution in [0.2, 0.25) is 0 Å². The summed E-state index contributed by atoms with van der Waals surface area (Å²) in [5.74, 6) is -0.694. The molecular weight excluding hydrogens is 250 g/mol. The number of aliphatic carboxylic acids is 1. The first-order chi connectivity index (χ1) is 9.11. The molecule has 0 bridgehead atoms. The summed E-state index contributed by atoms with van der Waals surface area (Å²) in [7, 11) is 1.50. The molecule has 19 heavy (non-hydrogen) atoms. The summed E-state index contributed by atoms with van der Waals surface area (Å²) in [5.41, 5.74) is 0.756. The molecule has 2 heterocycles. The smallest absolute Gasteiger partial charge is 0.322 e. The predicted molar refractivity (Wildman–Crippen MR) is 65.6 cm³/mol. The number of pyridine rings is 1. The quantitative estimate of drug-likeness (QED) is 0.760. The maximum absolute atomic E-state index is 11.4. The molecule has 1 fully saturated rings. The van der Waals surface area contributed by atoms with Crippen LogP contribution in [0.5, 0.6) is 5.88 Å². The molecular formula is C12H15N3O4. The number of amides is 1. The Kier molecular flexibility index (Phi) is 3.96. The third-order valence-corrected chi connectivity index (χ3v) is 2.98. The molecule has 1 atom stereocenters. The second-order valence-corrected chi connectivity index (χ2v) is 4.23. The van der Waals surface area contributed by atoms with Gasteiger partial charge >= 0.3 is 5.97 Å². The van der Waals surface area contributed by atoms with Gasteiger partial charge in [0.05, 0.1) is 13.7 Å². The highest BCUT2D eigenvalue weighted by molar-refractivity contribution is 5.83. The zero-order chi connectivity index (χ0) is 13.8. The van der Waals surface area contributed by atoms with Crippen molar-refractivity contribution in [3.8, 4) is 5.88 Å². The van der Waals surface area contributed by atoms with E-state index in [0.29, 0.717) is 12.4 Å². The largest absolute Gasteiger partial charge is 0.481 e. The van der Waals surface area contributed by atoms with Crippen molar-refractivity contribution in [2.45, 2.75) is 12.6 Å². The van der Waals surface area contributed by atoms with Gasteiger partial charge in [-0.05, 0) is 6.07 Å². The van der Waals surface area contributed by atoms with Gasteiger partial charge in [-0.1, -0.05) is 6.07 Å². The van der Waals surface area contributed by atoms with Crippen LogP contribution in [0, 0.1) is 0 Å². The van der Waals surface area contributed by atoms with Gasteiger partial charge in [0.15, 0.2) is 0 Å². The summed E-state index contributed by atoms with van der Waals surface area (Å²) in [5, 5.41) is 11.7. The molecule has 0 aromatic carbocycles. The second kappa shape index (κ2) is 5.66. The standard InChI is InChI=1S/C12H15N3O4/c1-19-11-8(3-2-4-13-11)6-15-7-10(16)14-5-9(15)12(17)18/h2-4,9H,5-7H2,1H3,(H,14,16)(H,17,18). The third-order valence-electron chi connectivity index (χ3n) is 2.98. The Morgan fingerprint density at radius 1 is 1.68 bits per heavy atom. The third kappa shape index (κ3) is 3.00. The van der Waals surface area contributed by atoms with E-state index in [2.05, 4.69) is 10.3 Å². The zero-order valence-corrected chi connectivity index (χ0v) is 10.5. The van der Waals surface area contributed by atoms with E-state index in [-0.39, 0.29) is 19.0 Å². The summed E-state index contributed by atoms with van der Waals surface area (Å²) < 4.78 is 5.12. The van der Waals surface area contributed by atoms with E-state index in [4.69, 9.17) is 9.84 Å². The molecule has 102 valence electrons. The molecule has 7 nitrogen and oxygen atoms in total. The Balaban J connectivity index is 2.18. The minimum atomic E-state index is -0.956. The van der Waals surface area contributed by atoms with Gasteiger partial charge < -0.3 is 15.2 Å². The molecule has 2 rings (SSSR count). The maximum atomic E-state index is 11.4. The normalized spacial score (nSPS) is 19.8. The van der Waals surface area contributed by atoms with E-state index in [1.165, 1.54) is 7.11 Å². The number of carbonyl (C=O) groups excluding carboxylic acids is 1. The van der Waals surface area contributed by atoms with Gasteiger partial charge in [0.2, 0.25) is 11.8 Å². The zero-order valence-electron chi connectivity index (χ0n) is 10.5. The molecule has 7 heteroatoms. The Hall–Kier alpha value is -2.15. The highest BCUT2D eigenvalue weighted by Crippen LogP contribution is 2.18. The van der Waals surface area contributed by atoms with Crippen LogP contribution in [0.1, 0.15) is 5.56 Å². The first-order valence-electron chi connectivity index (χ1n) is 5.83. The van der Waals surface area contributed by atoms with E-state index in [0.717, 1.165) is 5.56 Å². The van der Waals surface area contributed by atoms with Crippen LogP contribution in [0.25, 0.3) is 0 Å². The van der Waals surface area contributed by atoms with Crippen LogP contribution in [0.15, 0.2) is 18.3 Å². The van der Waals surface area contributed by atoms with Crippen molar-refractivity contribution >= 4 is 11.9 Å². The Morgan fingerprint density at radius 3 is 3.16 bits per heavy atom. The van der Waals surface area contributed by atoms with Gasteiger partial charge in [-0.25, -0.2) is 4.98 Å². The molecule has 0 aliphatic carbocycles. The Morgan fingerprint density at radius 2 is 2.47 bits per heavy atom. The molecule has 1 aromatic heterocycles. The fourth-order valence-electron chi connectivity index (χ4n) is 2.05. The number of carboxylic acid groups (broad SMARTS) is 1. The average molecular weight is 265 g/mol. The van der Waals surface area contributed by atoms with Gasteiger partial charge in [-0.3, -0.25) is 14.5 Å². The van der Waals surface area contributed by atoms with Gasteiger partial charge in [0, 0.05) is 24.8 Å². The molecule has 1 unspecified atom stereocenters. The predicted octanol–water partition coefficient (Wildman–Crippen LogP) is -0.525. The highest BCUT2D eigenvalue weighted by Gasteiger charge is 2.32. The van der Waals surface area contributed by atoms with E-state index in [9.17, 15) is 9.59 Å². The number of nitrogens with one attached hydrogen (secondary N) is 1. The van der Waals surface area contributed by atoms with Crippen LogP contribution in [-0.4, -0.2) is 53.1 Å². The number of hydrogen-bond acceptors (Lipinski definition) is 5. The van der Waals surface area contributed by atoms with Crippen LogP contribution in [-0.2, 0) is 16.1 Å². The van der Waals surface area contributed by atoms with Crippen molar-refractivity contribution in [1.82, 2.24) is 15.2 Å². The molecule has 1 saturated heterocycles. The minimum Gasteiger partial charge on any atom is -0.481 e. The summed E-state index contributed by atoms with van der Waals surface area (Å²) in [6.07, 6.45) is 1.60. The van der Waals surface area contributed by atoms with E-state index in [1.807, 2.05) is 0 Å². The monoisotopic (exact) mass is 265 g/mol. The van der Waals surface area contributed by atoms with Crippen molar-refractivity contribution in [3.05, 3.63) is 23.9 Å². The number of aromatic nitrogens is 1. The molecule has 0 spiro atoms. The van der Waals surface area contributed by atoms with Crippen LogP contribution >= 0.6 is 0 Å². The lowest BCUT2D eigenvalue weighted by atomic mass is 10.1. The minimum absolute atomic E-state index is 0.0506. The molecule has 0 saturated carbocycles. The van der Waals surface area contributed by atoms with Crippen LogP contribution in [0.3, 0.4) is 0 Å². The van der Waals surface area contributed by atoms with Gasteiger partial charge in [0.1, 0.15) is 6.04 Å². The molecule has 1 aromatic rings. The van der Waals surface area contributed by atoms with Crippen molar-refractivity contribution in [2.75, 3.05) is 20.2 Å². The molecule has 1 aliphatic heterocycles. The topological polar surface area (TPSA) is 91.8 Å². The van der Waals surface area contributed by atoms with Gasteiger partial charge in [-0.15, -0.1) is 0 Å². The van der Waals surface area contributed by atoms with E-state index < -0.39 is 12.0 Å². The molecule has 2 N–H and O–H groups in total. The Labute approximate surface area is 110 Å². The number of carboxylic acids is 1. The van der Waals surface area contributed by atoms with E-state index >= 15 is 0 Å². The number of rotatable bonds is 4. The fraction of sp³-hybridized carbons (Fsp3) is 0.417. The average Bonchev–Trinajstić information content (AvgIpc) is 2.39. The summed E-state index contributed by atoms with van der Waals surface area (Å²) >= 11 is 0. The summed E-state index contributed by atoms with van der Waals surface area (Å²) in [6.45, 7) is 0.465. The first kappa shape index (κ1) is 13.3. The van der Waals surface area contributed by atoms with Crippen molar-refractivity contribution in [2.24, 2.45) is 0 Å². The van der Waals surface area contributed by atoms with Crippen LogP contribution < -0.4 is 10.1 Å². The summed E-state index contributed by atoms with van der Waals surface area (Å²) in [6, 6.07) is 2.82. The van der Waals surface area contributed by atoms with Crippen molar-refractivity contribution in [1.29, 1.82) is 0 Å². The van der Waals surface area contributed by atoms with Crippen molar-refractivity contribution in [3.63, 3.8) is 0 Å². The van der Waals surface area contributed by atoms with Gasteiger partial charge in [-0.2, -0.15) is 0 Å². The van der Waals surface area contributed by atoms with Crippen LogP contribution in [0.4, 0.5) is 0 Å². The van der Waals surface area contributed by atoms with Gasteiger partial charge in [0.25, 0.3) is 0 Å². The lowest BCUT2D eigenvalue weighted by molar-refractivity contribution is -0.146. The molecule has 1 amide bonds. The lowest BCUT2D eigenvalue weighted by Gasteiger charge is -2.32. The number of ether oxygens (including phenoxy) is 1. The number of nitrogens with zero attached hydrogens (tertiary/aromatic N) is 2. The number of hydrogen-bond donors (Lipinski definition) is 2. The fourth-order valence-corrected chi connectivity index (χ4v) is 2.05. The SMILES string of the molecule is COc1ncccc1CN1CC(=O)NCC1C(=O)O. The number of piperazine rings is 1.